The second kappa shape index (κ2) is 5.31. The predicted molar refractivity (Wildman–Crippen MR) is 80.8 cm³/mol. The van der Waals surface area contributed by atoms with Crippen molar-refractivity contribution in [3.8, 4) is 0 Å². The van der Waals surface area contributed by atoms with E-state index in [1.807, 2.05) is 38.1 Å². The van der Waals surface area contributed by atoms with Gasteiger partial charge in [-0.25, -0.2) is 13.4 Å². The molecule has 0 aliphatic carbocycles. The Bertz CT molecular complexity index is 705. The first-order chi connectivity index (χ1) is 9.21. The summed E-state index contributed by atoms with van der Waals surface area (Å²) in [5, 5.41) is 0.0696. The van der Waals surface area contributed by atoms with Crippen molar-refractivity contribution >= 4 is 26.0 Å². The Kier molecular flexibility index (Phi) is 4.04. The Hall–Kier alpha value is -1.18. The fraction of sp³-hybridized carbons (Fsp3) is 0.308. The van der Waals surface area contributed by atoms with Crippen LogP contribution in [-0.2, 0) is 15.6 Å². The van der Waals surface area contributed by atoms with E-state index in [1.54, 1.807) is 6.92 Å². The highest BCUT2D eigenvalue weighted by Gasteiger charge is 2.28. The number of imidazole rings is 1. The van der Waals surface area contributed by atoms with Gasteiger partial charge in [0.2, 0.25) is 0 Å². The highest BCUT2D eigenvalue weighted by Crippen LogP contribution is 2.24. The van der Waals surface area contributed by atoms with Crippen molar-refractivity contribution in [2.24, 2.45) is 0 Å². The molecule has 0 spiro atoms. The van der Waals surface area contributed by atoms with Crippen molar-refractivity contribution in [1.82, 2.24) is 14.7 Å². The van der Waals surface area contributed by atoms with Gasteiger partial charge in [0.15, 0.2) is 5.03 Å². The molecule has 2 N–H and O–H groups in total. The normalized spacial score (nSPS) is 12.6. The molecule has 0 unspecified atom stereocenters. The van der Waals surface area contributed by atoms with Gasteiger partial charge in [0.25, 0.3) is 10.0 Å². The first kappa shape index (κ1) is 15.2. The number of sulfonamides is 1. The average Bonchev–Trinajstić information content (AvgIpc) is 2.76. The zero-order valence-electron chi connectivity index (χ0n) is 11.4. The largest absolute Gasteiger partial charge is 0.332 e. The molecule has 1 aromatic carbocycles. The molecular weight excluding hydrogens is 342 g/mol. The molecule has 20 heavy (non-hydrogen) atoms. The Morgan fingerprint density at radius 3 is 2.35 bits per heavy atom. The van der Waals surface area contributed by atoms with Crippen molar-refractivity contribution in [2.75, 3.05) is 0 Å². The van der Waals surface area contributed by atoms with Crippen molar-refractivity contribution in [1.29, 1.82) is 0 Å². The van der Waals surface area contributed by atoms with Gasteiger partial charge in [-0.2, -0.15) is 4.72 Å². The fourth-order valence-electron chi connectivity index (χ4n) is 1.85. The number of aromatic amines is 1. The molecule has 0 radical (unpaired) electrons. The summed E-state index contributed by atoms with van der Waals surface area (Å²) in [5.41, 5.74) is 0.152. The van der Waals surface area contributed by atoms with Crippen LogP contribution in [0.2, 0.25) is 0 Å². The molecule has 0 fully saturated rings. The molecule has 2 aromatic rings. The molecule has 1 heterocycles. The molecule has 0 bridgehead atoms. The minimum absolute atomic E-state index is 0.0696. The SMILES string of the molecule is Cc1ncc(S(=O)(=O)NC(C)(C)c2ccc(Br)cc2)[nH]1. The first-order valence-corrected chi connectivity index (χ1v) is 8.30. The van der Waals surface area contributed by atoms with Gasteiger partial charge >= 0.3 is 0 Å². The molecular formula is C13H16BrN3O2S. The summed E-state index contributed by atoms with van der Waals surface area (Å²) < 4.78 is 28.3. The molecule has 0 saturated heterocycles. The van der Waals surface area contributed by atoms with Crippen LogP contribution in [0.1, 0.15) is 25.2 Å². The van der Waals surface area contributed by atoms with Crippen LogP contribution in [0.3, 0.4) is 0 Å². The third-order valence-corrected chi connectivity index (χ3v) is 5.02. The number of benzene rings is 1. The van der Waals surface area contributed by atoms with Gasteiger partial charge in [-0.05, 0) is 38.5 Å². The van der Waals surface area contributed by atoms with Crippen molar-refractivity contribution in [2.45, 2.75) is 31.3 Å². The Balaban J connectivity index is 2.30. The second-order valence-corrected chi connectivity index (χ2v) is 7.64. The molecule has 0 saturated carbocycles. The lowest BCUT2D eigenvalue weighted by atomic mass is 9.96. The van der Waals surface area contributed by atoms with Crippen molar-refractivity contribution in [3.63, 3.8) is 0 Å². The standard InChI is InChI=1S/C13H16BrN3O2S/c1-9-15-8-12(16-9)20(18,19)17-13(2,3)10-4-6-11(14)7-5-10/h4-8,17H,1-3H3,(H,15,16). The van der Waals surface area contributed by atoms with E-state index in [-0.39, 0.29) is 5.03 Å². The molecule has 7 heteroatoms. The number of halogens is 1. The van der Waals surface area contributed by atoms with Crippen LogP contribution in [-0.4, -0.2) is 18.4 Å². The average molecular weight is 358 g/mol. The summed E-state index contributed by atoms with van der Waals surface area (Å²) in [4.78, 5) is 6.65. The summed E-state index contributed by atoms with van der Waals surface area (Å²) in [6.07, 6.45) is 1.31. The molecule has 2 rings (SSSR count). The van der Waals surface area contributed by atoms with E-state index in [4.69, 9.17) is 0 Å². The van der Waals surface area contributed by atoms with E-state index < -0.39 is 15.6 Å². The predicted octanol–water partition coefficient (Wildman–Crippen LogP) is 2.69. The van der Waals surface area contributed by atoms with Crippen LogP contribution in [0.25, 0.3) is 0 Å². The number of H-pyrrole nitrogens is 1. The number of nitrogens with zero attached hydrogens (tertiary/aromatic N) is 1. The monoisotopic (exact) mass is 357 g/mol. The van der Waals surface area contributed by atoms with Gasteiger partial charge in [-0.3, -0.25) is 0 Å². The Labute approximate surface area is 127 Å². The Morgan fingerprint density at radius 1 is 1.25 bits per heavy atom. The maximum atomic E-state index is 12.3. The lowest BCUT2D eigenvalue weighted by Crippen LogP contribution is -2.41. The van der Waals surface area contributed by atoms with E-state index >= 15 is 0 Å². The van der Waals surface area contributed by atoms with E-state index in [9.17, 15) is 8.42 Å². The Morgan fingerprint density at radius 2 is 1.85 bits per heavy atom. The van der Waals surface area contributed by atoms with E-state index in [0.29, 0.717) is 5.82 Å². The second-order valence-electron chi connectivity index (χ2n) is 5.07. The maximum absolute atomic E-state index is 12.3. The van der Waals surface area contributed by atoms with Gasteiger partial charge in [0.1, 0.15) is 5.82 Å². The first-order valence-electron chi connectivity index (χ1n) is 6.02. The van der Waals surface area contributed by atoms with Crippen LogP contribution in [0.15, 0.2) is 40.0 Å². The molecule has 5 nitrogen and oxygen atoms in total. The fourth-order valence-corrected chi connectivity index (χ4v) is 3.49. The van der Waals surface area contributed by atoms with E-state index in [0.717, 1.165) is 10.0 Å². The van der Waals surface area contributed by atoms with Crippen LogP contribution < -0.4 is 4.72 Å². The summed E-state index contributed by atoms with van der Waals surface area (Å²) in [6.45, 7) is 5.34. The maximum Gasteiger partial charge on any atom is 0.258 e. The topological polar surface area (TPSA) is 74.8 Å². The quantitative estimate of drug-likeness (QED) is 0.883. The lowest BCUT2D eigenvalue weighted by molar-refractivity contribution is 0.470. The number of rotatable bonds is 4. The highest BCUT2D eigenvalue weighted by atomic mass is 79.9. The molecule has 0 aliphatic rings. The number of nitrogens with one attached hydrogen (secondary N) is 2. The van der Waals surface area contributed by atoms with Crippen molar-refractivity contribution < 1.29 is 8.42 Å². The lowest BCUT2D eigenvalue weighted by Gasteiger charge is -2.26. The number of hydrogen-bond acceptors (Lipinski definition) is 3. The van der Waals surface area contributed by atoms with Crippen molar-refractivity contribution in [3.05, 3.63) is 46.3 Å². The molecule has 0 amide bonds. The minimum atomic E-state index is -3.64. The zero-order chi connectivity index (χ0) is 15.0. The van der Waals surface area contributed by atoms with Gasteiger partial charge in [-0.1, -0.05) is 28.1 Å². The number of hydrogen-bond donors (Lipinski definition) is 2. The van der Waals surface area contributed by atoms with Gasteiger partial charge in [0.05, 0.1) is 11.7 Å². The zero-order valence-corrected chi connectivity index (χ0v) is 13.8. The van der Waals surface area contributed by atoms with Crippen LogP contribution in [0.5, 0.6) is 0 Å². The van der Waals surface area contributed by atoms with Crippen LogP contribution >= 0.6 is 15.9 Å². The number of aryl methyl sites for hydroxylation is 1. The number of aromatic nitrogens is 2. The van der Waals surface area contributed by atoms with Gasteiger partial charge in [0, 0.05) is 4.47 Å². The van der Waals surface area contributed by atoms with E-state index in [1.165, 1.54) is 6.20 Å². The van der Waals surface area contributed by atoms with Crippen LogP contribution in [0, 0.1) is 6.92 Å². The van der Waals surface area contributed by atoms with Gasteiger partial charge in [-0.15, -0.1) is 0 Å². The minimum Gasteiger partial charge on any atom is -0.332 e. The summed E-state index contributed by atoms with van der Waals surface area (Å²) in [5.74, 6) is 0.562. The van der Waals surface area contributed by atoms with E-state index in [2.05, 4.69) is 30.6 Å². The third kappa shape index (κ3) is 3.28. The van der Waals surface area contributed by atoms with Crippen LogP contribution in [0.4, 0.5) is 0 Å². The summed E-state index contributed by atoms with van der Waals surface area (Å²) >= 11 is 3.36. The van der Waals surface area contributed by atoms with Gasteiger partial charge < -0.3 is 4.98 Å². The molecule has 0 aliphatic heterocycles. The summed E-state index contributed by atoms with van der Waals surface area (Å²) in [7, 11) is -3.64. The smallest absolute Gasteiger partial charge is 0.258 e. The summed E-state index contributed by atoms with van der Waals surface area (Å²) in [6, 6.07) is 7.52. The molecule has 108 valence electrons. The molecule has 1 aromatic heterocycles. The molecule has 0 atom stereocenters. The highest BCUT2D eigenvalue weighted by molar-refractivity contribution is 9.10. The third-order valence-electron chi connectivity index (χ3n) is 2.92.